The van der Waals surface area contributed by atoms with Gasteiger partial charge in [0.25, 0.3) is 0 Å². The quantitative estimate of drug-likeness (QED) is 0.724. The molecule has 0 bridgehead atoms. The molecule has 2 aromatic rings. The number of rotatable bonds is 7. The topological polar surface area (TPSA) is 87.4 Å². The van der Waals surface area contributed by atoms with Crippen LogP contribution in [0.2, 0.25) is 0 Å². The summed E-state index contributed by atoms with van der Waals surface area (Å²) in [6, 6.07) is 3.17. The van der Waals surface area contributed by atoms with E-state index in [-0.39, 0.29) is 12.6 Å². The van der Waals surface area contributed by atoms with Crippen LogP contribution in [0.5, 0.6) is 0 Å². The number of nitrogens with one attached hydrogen (secondary N) is 2. The fraction of sp³-hybridized carbons (Fsp3) is 0.500. The van der Waals surface area contributed by atoms with Crippen molar-refractivity contribution < 1.29 is 14.3 Å². The Hall–Kier alpha value is -1.86. The van der Waals surface area contributed by atoms with Crippen LogP contribution in [-0.4, -0.2) is 29.2 Å². The number of aliphatic hydroxyl groups is 1. The number of thiazole rings is 1. The van der Waals surface area contributed by atoms with Crippen LogP contribution in [0.25, 0.3) is 0 Å². The van der Waals surface area contributed by atoms with E-state index < -0.39 is 5.60 Å². The van der Waals surface area contributed by atoms with Crippen molar-refractivity contribution in [2.45, 2.75) is 39.2 Å². The number of carbonyl (C=O) groups excluding carboxylic acids is 1. The molecular formula is C16H23N3O3S. The Labute approximate surface area is 139 Å². The molecule has 0 spiro atoms. The normalized spacial score (nSPS) is 13.6. The number of aryl methyl sites for hydroxylation is 2. The van der Waals surface area contributed by atoms with Gasteiger partial charge < -0.3 is 20.2 Å². The minimum absolute atomic E-state index is 0.0719. The standard InChI is InChI=1S/C16H23N3O3S/c1-4-14-19-12(9-23-14)7-8-17-15(20)18-10-16(3,21)13-6-5-11(2)22-13/h5-6,9,21H,4,7-8,10H2,1-3H3,(H2,17,18,20). The average Bonchev–Trinajstić information content (AvgIpc) is 3.14. The van der Waals surface area contributed by atoms with Gasteiger partial charge in [-0.25, -0.2) is 9.78 Å². The van der Waals surface area contributed by atoms with Crippen molar-refractivity contribution in [3.8, 4) is 0 Å². The second-order valence-corrected chi connectivity index (χ2v) is 6.57. The summed E-state index contributed by atoms with van der Waals surface area (Å²) in [4.78, 5) is 16.2. The molecule has 1 unspecified atom stereocenters. The first-order valence-corrected chi connectivity index (χ1v) is 8.53. The molecule has 1 atom stereocenters. The van der Waals surface area contributed by atoms with E-state index in [4.69, 9.17) is 4.42 Å². The fourth-order valence-corrected chi connectivity index (χ4v) is 2.84. The van der Waals surface area contributed by atoms with Crippen LogP contribution in [0, 0.1) is 6.92 Å². The van der Waals surface area contributed by atoms with Crippen LogP contribution in [0.1, 0.15) is 36.1 Å². The number of hydrogen-bond donors (Lipinski definition) is 3. The molecule has 2 rings (SSSR count). The van der Waals surface area contributed by atoms with E-state index in [2.05, 4.69) is 22.5 Å². The Balaban J connectivity index is 1.72. The average molecular weight is 337 g/mol. The summed E-state index contributed by atoms with van der Waals surface area (Å²) in [5.74, 6) is 1.16. The summed E-state index contributed by atoms with van der Waals surface area (Å²) in [5.41, 5.74) is -0.249. The van der Waals surface area contributed by atoms with Gasteiger partial charge in [0.05, 0.1) is 17.2 Å². The predicted molar refractivity (Wildman–Crippen MR) is 89.6 cm³/mol. The summed E-state index contributed by atoms with van der Waals surface area (Å²) >= 11 is 1.64. The van der Waals surface area contributed by atoms with Gasteiger partial charge >= 0.3 is 6.03 Å². The van der Waals surface area contributed by atoms with Gasteiger partial charge in [-0.2, -0.15) is 0 Å². The summed E-state index contributed by atoms with van der Waals surface area (Å²) < 4.78 is 5.40. The lowest BCUT2D eigenvalue weighted by atomic mass is 10.0. The maximum atomic E-state index is 11.8. The summed E-state index contributed by atoms with van der Waals surface area (Å²) in [5, 5.41) is 18.9. The van der Waals surface area contributed by atoms with Gasteiger partial charge in [-0.1, -0.05) is 6.92 Å². The van der Waals surface area contributed by atoms with Crippen molar-refractivity contribution in [1.82, 2.24) is 15.6 Å². The van der Waals surface area contributed by atoms with Crippen LogP contribution in [0.15, 0.2) is 21.9 Å². The highest BCUT2D eigenvalue weighted by molar-refractivity contribution is 7.09. The second-order valence-electron chi connectivity index (χ2n) is 5.63. The second kappa shape index (κ2) is 7.61. The van der Waals surface area contributed by atoms with Crippen molar-refractivity contribution >= 4 is 17.4 Å². The zero-order valence-electron chi connectivity index (χ0n) is 13.7. The van der Waals surface area contributed by atoms with E-state index in [1.165, 1.54) is 0 Å². The Bertz CT molecular complexity index is 649. The van der Waals surface area contributed by atoms with Crippen LogP contribution in [0.3, 0.4) is 0 Å². The third-order valence-corrected chi connectivity index (χ3v) is 4.47. The molecular weight excluding hydrogens is 314 g/mol. The molecule has 2 amide bonds. The summed E-state index contributed by atoms with van der Waals surface area (Å²) in [6.45, 7) is 6.05. The van der Waals surface area contributed by atoms with Crippen molar-refractivity contribution in [2.75, 3.05) is 13.1 Å². The third-order valence-electron chi connectivity index (χ3n) is 3.43. The third kappa shape index (κ3) is 5.07. The Morgan fingerprint density at radius 2 is 2.22 bits per heavy atom. The first-order valence-electron chi connectivity index (χ1n) is 7.65. The van der Waals surface area contributed by atoms with Gasteiger partial charge in [0.15, 0.2) is 0 Å². The minimum Gasteiger partial charge on any atom is -0.463 e. The number of furan rings is 1. The van der Waals surface area contributed by atoms with Crippen molar-refractivity contribution in [1.29, 1.82) is 0 Å². The van der Waals surface area contributed by atoms with Crippen molar-refractivity contribution in [2.24, 2.45) is 0 Å². The molecule has 6 nitrogen and oxygen atoms in total. The Morgan fingerprint density at radius 3 is 2.83 bits per heavy atom. The van der Waals surface area contributed by atoms with E-state index in [1.54, 1.807) is 30.4 Å². The van der Waals surface area contributed by atoms with Gasteiger partial charge in [-0.15, -0.1) is 11.3 Å². The fourth-order valence-electron chi connectivity index (χ4n) is 2.06. The first kappa shape index (κ1) is 17.5. The lowest BCUT2D eigenvalue weighted by Gasteiger charge is -2.21. The molecule has 0 fully saturated rings. The molecule has 0 aliphatic rings. The van der Waals surface area contributed by atoms with E-state index in [0.717, 1.165) is 22.9 Å². The van der Waals surface area contributed by atoms with E-state index in [1.807, 2.05) is 12.3 Å². The minimum atomic E-state index is -1.24. The van der Waals surface area contributed by atoms with E-state index in [0.29, 0.717) is 18.7 Å². The SMILES string of the molecule is CCc1nc(CCNC(=O)NCC(C)(O)c2ccc(C)o2)cs1. The largest absolute Gasteiger partial charge is 0.463 e. The molecule has 0 aliphatic carbocycles. The molecule has 0 radical (unpaired) electrons. The van der Waals surface area contributed by atoms with Gasteiger partial charge in [0.1, 0.15) is 17.1 Å². The molecule has 0 saturated heterocycles. The zero-order chi connectivity index (χ0) is 16.9. The molecule has 2 aromatic heterocycles. The smallest absolute Gasteiger partial charge is 0.314 e. The number of hydrogen-bond acceptors (Lipinski definition) is 5. The van der Waals surface area contributed by atoms with Crippen LogP contribution in [0.4, 0.5) is 4.79 Å². The number of amides is 2. The lowest BCUT2D eigenvalue weighted by molar-refractivity contribution is 0.0360. The van der Waals surface area contributed by atoms with E-state index in [9.17, 15) is 9.90 Å². The van der Waals surface area contributed by atoms with Crippen molar-refractivity contribution in [3.63, 3.8) is 0 Å². The maximum absolute atomic E-state index is 11.8. The van der Waals surface area contributed by atoms with Crippen LogP contribution >= 0.6 is 11.3 Å². The summed E-state index contributed by atoms with van der Waals surface area (Å²) in [7, 11) is 0. The molecule has 2 heterocycles. The molecule has 126 valence electrons. The number of carbonyl (C=O) groups is 1. The molecule has 0 saturated carbocycles. The van der Waals surface area contributed by atoms with E-state index >= 15 is 0 Å². The van der Waals surface area contributed by atoms with Gasteiger partial charge in [-0.3, -0.25) is 0 Å². The molecule has 0 aromatic carbocycles. The zero-order valence-corrected chi connectivity index (χ0v) is 14.5. The van der Waals surface area contributed by atoms with Crippen LogP contribution in [-0.2, 0) is 18.4 Å². The summed E-state index contributed by atoms with van der Waals surface area (Å²) in [6.07, 6.45) is 1.62. The lowest BCUT2D eigenvalue weighted by Crippen LogP contribution is -2.43. The van der Waals surface area contributed by atoms with Crippen molar-refractivity contribution in [3.05, 3.63) is 39.7 Å². The van der Waals surface area contributed by atoms with Gasteiger partial charge in [0, 0.05) is 18.3 Å². The first-order chi connectivity index (χ1) is 10.9. The van der Waals surface area contributed by atoms with Gasteiger partial charge in [0.2, 0.25) is 0 Å². The Kier molecular flexibility index (Phi) is 5.79. The molecule has 7 heteroatoms. The monoisotopic (exact) mass is 337 g/mol. The predicted octanol–water partition coefficient (Wildman–Crippen LogP) is 2.36. The maximum Gasteiger partial charge on any atom is 0.314 e. The number of aromatic nitrogens is 1. The number of urea groups is 1. The molecule has 3 N–H and O–H groups in total. The highest BCUT2D eigenvalue weighted by atomic mass is 32.1. The van der Waals surface area contributed by atoms with Gasteiger partial charge in [-0.05, 0) is 32.4 Å². The highest BCUT2D eigenvalue weighted by Gasteiger charge is 2.27. The molecule has 0 aliphatic heterocycles. The highest BCUT2D eigenvalue weighted by Crippen LogP contribution is 2.21. The molecule has 23 heavy (non-hydrogen) atoms. The Morgan fingerprint density at radius 1 is 1.43 bits per heavy atom. The van der Waals surface area contributed by atoms with Crippen LogP contribution < -0.4 is 10.6 Å². The number of nitrogens with zero attached hydrogens (tertiary/aromatic N) is 1.